The van der Waals surface area contributed by atoms with Crippen LogP contribution in [0.3, 0.4) is 0 Å². The minimum atomic E-state index is -0.696. The van der Waals surface area contributed by atoms with Gasteiger partial charge in [0.2, 0.25) is 0 Å². The third kappa shape index (κ3) is 2.30. The second-order valence-corrected chi connectivity index (χ2v) is 4.41. The molecule has 80 valence electrons. The Balaban J connectivity index is 2.24. The molecule has 3 N–H and O–H groups in total. The largest absolute Gasteiger partial charge is 0.389 e. The number of rotatable bonds is 3. The van der Waals surface area contributed by atoms with Crippen LogP contribution in [0.1, 0.15) is 13.8 Å². The van der Waals surface area contributed by atoms with Crippen molar-refractivity contribution in [2.45, 2.75) is 19.4 Å². The van der Waals surface area contributed by atoms with Crippen LogP contribution >= 0.6 is 0 Å². The lowest BCUT2D eigenvalue weighted by Crippen LogP contribution is -2.29. The van der Waals surface area contributed by atoms with Gasteiger partial charge in [0, 0.05) is 29.3 Å². The first-order valence-electron chi connectivity index (χ1n) is 5.09. The number of nitrogens with one attached hydrogen (secondary N) is 2. The lowest BCUT2D eigenvalue weighted by Gasteiger charge is -2.18. The molecule has 1 heterocycles. The average molecular weight is 204 g/mol. The molecular formula is C12H16N2O. The van der Waals surface area contributed by atoms with E-state index in [2.05, 4.69) is 10.3 Å². The highest BCUT2D eigenvalue weighted by molar-refractivity contribution is 5.91. The molecule has 2 aromatic rings. The van der Waals surface area contributed by atoms with Crippen LogP contribution in [0.4, 0.5) is 5.69 Å². The van der Waals surface area contributed by atoms with Crippen molar-refractivity contribution in [3.05, 3.63) is 30.5 Å². The van der Waals surface area contributed by atoms with Crippen molar-refractivity contribution in [3.8, 4) is 0 Å². The molecule has 0 spiro atoms. The van der Waals surface area contributed by atoms with E-state index in [9.17, 15) is 5.11 Å². The van der Waals surface area contributed by atoms with Gasteiger partial charge in [-0.15, -0.1) is 0 Å². The molecule has 0 bridgehead atoms. The molecule has 0 aliphatic carbocycles. The maximum atomic E-state index is 9.63. The van der Waals surface area contributed by atoms with E-state index in [1.54, 1.807) is 13.8 Å². The van der Waals surface area contributed by atoms with E-state index >= 15 is 0 Å². The third-order valence-electron chi connectivity index (χ3n) is 2.31. The number of aromatic nitrogens is 1. The predicted molar refractivity (Wildman–Crippen MR) is 63.1 cm³/mol. The first-order valence-corrected chi connectivity index (χ1v) is 5.09. The van der Waals surface area contributed by atoms with Crippen LogP contribution in [0.2, 0.25) is 0 Å². The van der Waals surface area contributed by atoms with Crippen molar-refractivity contribution in [1.82, 2.24) is 4.98 Å². The Morgan fingerprint density at radius 1 is 1.33 bits per heavy atom. The molecule has 0 fully saturated rings. The zero-order valence-corrected chi connectivity index (χ0v) is 9.04. The van der Waals surface area contributed by atoms with Gasteiger partial charge in [-0.1, -0.05) is 6.07 Å². The second kappa shape index (κ2) is 3.59. The Morgan fingerprint density at radius 3 is 2.87 bits per heavy atom. The number of fused-ring (bicyclic) bond motifs is 1. The van der Waals surface area contributed by atoms with Gasteiger partial charge in [0.05, 0.1) is 5.60 Å². The minimum absolute atomic E-state index is 0.539. The smallest absolute Gasteiger partial charge is 0.0763 e. The van der Waals surface area contributed by atoms with Gasteiger partial charge in [-0.2, -0.15) is 0 Å². The van der Waals surface area contributed by atoms with E-state index < -0.39 is 5.60 Å². The molecule has 3 nitrogen and oxygen atoms in total. The molecule has 1 aromatic carbocycles. The number of hydrogen-bond acceptors (Lipinski definition) is 2. The summed E-state index contributed by atoms with van der Waals surface area (Å²) in [6, 6.07) is 8.07. The molecule has 15 heavy (non-hydrogen) atoms. The van der Waals surface area contributed by atoms with E-state index in [0.717, 1.165) is 16.6 Å². The van der Waals surface area contributed by atoms with Crippen molar-refractivity contribution in [2.75, 3.05) is 11.9 Å². The fourth-order valence-electron chi connectivity index (χ4n) is 1.55. The maximum absolute atomic E-state index is 9.63. The Bertz CT molecular complexity index is 454. The topological polar surface area (TPSA) is 48.0 Å². The predicted octanol–water partition coefficient (Wildman–Crippen LogP) is 2.35. The maximum Gasteiger partial charge on any atom is 0.0763 e. The van der Waals surface area contributed by atoms with E-state index in [1.807, 2.05) is 30.5 Å². The molecule has 0 aliphatic heterocycles. The first-order chi connectivity index (χ1) is 7.06. The molecule has 2 rings (SSSR count). The molecule has 1 aromatic heterocycles. The lowest BCUT2D eigenvalue weighted by atomic mass is 10.1. The van der Waals surface area contributed by atoms with E-state index in [4.69, 9.17) is 0 Å². The number of hydrogen-bond donors (Lipinski definition) is 3. The summed E-state index contributed by atoms with van der Waals surface area (Å²) in [5.41, 5.74) is 1.46. The van der Waals surface area contributed by atoms with Gasteiger partial charge in [0.1, 0.15) is 0 Å². The molecule has 0 saturated heterocycles. The summed E-state index contributed by atoms with van der Waals surface area (Å²) in [6.07, 6.45) is 1.92. The van der Waals surface area contributed by atoms with Crippen LogP contribution in [0.25, 0.3) is 10.9 Å². The van der Waals surface area contributed by atoms with Gasteiger partial charge in [-0.05, 0) is 32.0 Å². The van der Waals surface area contributed by atoms with Crippen molar-refractivity contribution in [2.24, 2.45) is 0 Å². The number of aromatic amines is 1. The van der Waals surface area contributed by atoms with Gasteiger partial charge in [0.25, 0.3) is 0 Å². The molecule has 0 saturated carbocycles. The van der Waals surface area contributed by atoms with Crippen LogP contribution in [0.5, 0.6) is 0 Å². The Hall–Kier alpha value is -1.48. The zero-order chi connectivity index (χ0) is 10.9. The van der Waals surface area contributed by atoms with Crippen LogP contribution in [-0.4, -0.2) is 22.2 Å². The minimum Gasteiger partial charge on any atom is -0.389 e. The van der Waals surface area contributed by atoms with Crippen LogP contribution in [0.15, 0.2) is 30.5 Å². The van der Waals surface area contributed by atoms with Crippen LogP contribution in [-0.2, 0) is 0 Å². The monoisotopic (exact) mass is 204 g/mol. The highest BCUT2D eigenvalue weighted by Gasteiger charge is 2.12. The highest BCUT2D eigenvalue weighted by Crippen LogP contribution is 2.22. The number of benzene rings is 1. The van der Waals surface area contributed by atoms with Crippen LogP contribution in [0, 0.1) is 0 Å². The van der Waals surface area contributed by atoms with Gasteiger partial charge >= 0.3 is 0 Å². The van der Waals surface area contributed by atoms with Crippen LogP contribution < -0.4 is 5.32 Å². The molecule has 3 heteroatoms. The van der Waals surface area contributed by atoms with Gasteiger partial charge in [-0.3, -0.25) is 0 Å². The zero-order valence-electron chi connectivity index (χ0n) is 9.04. The quantitative estimate of drug-likeness (QED) is 0.718. The van der Waals surface area contributed by atoms with E-state index in [1.165, 1.54) is 0 Å². The lowest BCUT2D eigenvalue weighted by molar-refractivity contribution is 0.0945. The standard InChI is InChI=1S/C12H16N2O/c1-12(2,15)8-14-11-5-3-4-10-9(11)6-7-13-10/h3-7,13-15H,8H2,1-2H3. The number of aliphatic hydroxyl groups is 1. The molecule has 0 aliphatic rings. The third-order valence-corrected chi connectivity index (χ3v) is 2.31. The molecular weight excluding hydrogens is 188 g/mol. The van der Waals surface area contributed by atoms with Crippen molar-refractivity contribution < 1.29 is 5.11 Å². The molecule has 0 amide bonds. The number of H-pyrrole nitrogens is 1. The molecule has 0 atom stereocenters. The van der Waals surface area contributed by atoms with Crippen molar-refractivity contribution >= 4 is 16.6 Å². The van der Waals surface area contributed by atoms with Gasteiger partial charge in [-0.25, -0.2) is 0 Å². The summed E-state index contributed by atoms with van der Waals surface area (Å²) in [5.74, 6) is 0. The van der Waals surface area contributed by atoms with E-state index in [-0.39, 0.29) is 0 Å². The SMILES string of the molecule is CC(C)(O)CNc1cccc2[nH]ccc12. The summed E-state index contributed by atoms with van der Waals surface area (Å²) in [4.78, 5) is 3.15. The van der Waals surface area contributed by atoms with Gasteiger partial charge in [0.15, 0.2) is 0 Å². The second-order valence-electron chi connectivity index (χ2n) is 4.41. The fourth-order valence-corrected chi connectivity index (χ4v) is 1.55. The first kappa shape index (κ1) is 10.1. The fraction of sp³-hybridized carbons (Fsp3) is 0.333. The molecule has 0 radical (unpaired) electrons. The Morgan fingerprint density at radius 2 is 2.13 bits per heavy atom. The van der Waals surface area contributed by atoms with Gasteiger partial charge < -0.3 is 15.4 Å². The Labute approximate surface area is 89.1 Å². The number of anilines is 1. The summed E-state index contributed by atoms with van der Waals surface area (Å²) >= 11 is 0. The summed E-state index contributed by atoms with van der Waals surface area (Å²) < 4.78 is 0. The highest BCUT2D eigenvalue weighted by atomic mass is 16.3. The Kier molecular flexibility index (Phi) is 2.40. The summed E-state index contributed by atoms with van der Waals surface area (Å²) in [6.45, 7) is 4.12. The summed E-state index contributed by atoms with van der Waals surface area (Å²) in [5, 5.41) is 14.0. The molecule has 0 unspecified atom stereocenters. The normalized spacial score (nSPS) is 11.9. The van der Waals surface area contributed by atoms with E-state index in [0.29, 0.717) is 6.54 Å². The summed E-state index contributed by atoms with van der Waals surface area (Å²) in [7, 11) is 0. The van der Waals surface area contributed by atoms with Crippen molar-refractivity contribution in [3.63, 3.8) is 0 Å². The average Bonchev–Trinajstić information content (AvgIpc) is 2.61. The van der Waals surface area contributed by atoms with Crippen molar-refractivity contribution in [1.29, 1.82) is 0 Å².